The van der Waals surface area contributed by atoms with Crippen LogP contribution in [0.15, 0.2) is 36.1 Å². The van der Waals surface area contributed by atoms with Gasteiger partial charge in [-0.15, -0.1) is 11.3 Å². The lowest BCUT2D eigenvalue weighted by Crippen LogP contribution is -2.25. The van der Waals surface area contributed by atoms with E-state index in [2.05, 4.69) is 25.2 Å². The molecule has 31 heavy (non-hydrogen) atoms. The Labute approximate surface area is 186 Å². The molecule has 0 spiro atoms. The van der Waals surface area contributed by atoms with Gasteiger partial charge in [-0.25, -0.2) is 15.0 Å². The van der Waals surface area contributed by atoms with Crippen molar-refractivity contribution >= 4 is 22.9 Å². The smallest absolute Gasteiger partial charge is 0.231 e. The van der Waals surface area contributed by atoms with Crippen molar-refractivity contribution in [3.05, 3.63) is 52.5 Å². The first-order chi connectivity index (χ1) is 15.1. The van der Waals surface area contributed by atoms with Crippen molar-refractivity contribution < 1.29 is 9.53 Å². The Bertz CT molecular complexity index is 1010. The zero-order valence-corrected chi connectivity index (χ0v) is 18.7. The molecule has 1 aliphatic rings. The van der Waals surface area contributed by atoms with Crippen molar-refractivity contribution in [3.63, 3.8) is 0 Å². The van der Waals surface area contributed by atoms with E-state index >= 15 is 0 Å². The second-order valence-electron chi connectivity index (χ2n) is 7.68. The Balaban J connectivity index is 1.56. The number of anilines is 1. The first kappa shape index (κ1) is 21.4. The minimum atomic E-state index is -0.0960. The minimum absolute atomic E-state index is 0.0960. The van der Waals surface area contributed by atoms with Crippen LogP contribution in [-0.4, -0.2) is 52.0 Å². The summed E-state index contributed by atoms with van der Waals surface area (Å²) in [4.78, 5) is 27.8. The van der Waals surface area contributed by atoms with Gasteiger partial charge in [0.1, 0.15) is 23.7 Å². The van der Waals surface area contributed by atoms with Gasteiger partial charge < -0.3 is 10.1 Å². The molecule has 1 saturated heterocycles. The highest BCUT2D eigenvalue weighted by molar-refractivity contribution is 7.09. The molecule has 1 aliphatic heterocycles. The molecule has 162 valence electrons. The number of aromatic nitrogens is 3. The van der Waals surface area contributed by atoms with Gasteiger partial charge in [-0.05, 0) is 58.0 Å². The molecule has 3 heterocycles. The monoisotopic (exact) mass is 437 g/mol. The average Bonchev–Trinajstić information content (AvgIpc) is 3.43. The molecule has 7 nitrogen and oxygen atoms in total. The average molecular weight is 438 g/mol. The predicted molar refractivity (Wildman–Crippen MR) is 123 cm³/mol. The van der Waals surface area contributed by atoms with E-state index in [0.29, 0.717) is 12.3 Å². The quantitative estimate of drug-likeness (QED) is 0.576. The Morgan fingerprint density at radius 1 is 1.16 bits per heavy atom. The molecular formula is C23H27N5O2S. The van der Waals surface area contributed by atoms with Gasteiger partial charge in [0.05, 0.1) is 6.42 Å². The summed E-state index contributed by atoms with van der Waals surface area (Å²) in [5.41, 5.74) is 4.30. The zero-order valence-electron chi connectivity index (χ0n) is 17.9. The minimum Gasteiger partial charge on any atom is -0.492 e. The summed E-state index contributed by atoms with van der Waals surface area (Å²) in [6.07, 6.45) is 6.07. The van der Waals surface area contributed by atoms with E-state index < -0.39 is 0 Å². The lowest BCUT2D eigenvalue weighted by Gasteiger charge is -2.18. The molecule has 0 radical (unpaired) electrons. The number of carbonyl (C=O) groups is 1. The number of benzene rings is 1. The molecular weight excluding hydrogens is 410 g/mol. The Morgan fingerprint density at radius 3 is 2.65 bits per heavy atom. The first-order valence-corrected chi connectivity index (χ1v) is 11.4. The highest BCUT2D eigenvalue weighted by Gasteiger charge is 2.17. The Morgan fingerprint density at radius 2 is 1.94 bits per heavy atom. The second kappa shape index (κ2) is 9.98. The fourth-order valence-corrected chi connectivity index (χ4v) is 4.50. The van der Waals surface area contributed by atoms with E-state index in [1.165, 1.54) is 24.2 Å². The van der Waals surface area contributed by atoms with E-state index in [1.54, 1.807) is 12.5 Å². The van der Waals surface area contributed by atoms with Crippen molar-refractivity contribution in [2.45, 2.75) is 33.1 Å². The van der Waals surface area contributed by atoms with Crippen LogP contribution in [-0.2, 0) is 11.2 Å². The number of amides is 1. The Kier molecular flexibility index (Phi) is 6.89. The largest absolute Gasteiger partial charge is 0.492 e. The maximum Gasteiger partial charge on any atom is 0.231 e. The molecule has 8 heteroatoms. The molecule has 0 atom stereocenters. The normalized spacial score (nSPS) is 14.0. The first-order valence-electron chi connectivity index (χ1n) is 10.6. The van der Waals surface area contributed by atoms with Gasteiger partial charge in [-0.3, -0.25) is 9.69 Å². The standard InChI is InChI=1S/C23H27N5O2S/c1-16-23(17(2)26-15-25-16)19-13-18(27-21(29)14-22-24-7-12-31-22)5-6-20(19)30-11-10-28-8-3-4-9-28/h5-7,12-13,15H,3-4,8-11,14H2,1-2H3,(H,27,29). The SMILES string of the molecule is Cc1ncnc(C)c1-c1cc(NC(=O)Cc2nccs2)ccc1OCCN1CCCC1. The molecule has 0 bridgehead atoms. The van der Waals surface area contributed by atoms with Crippen LogP contribution in [0.1, 0.15) is 29.2 Å². The molecule has 1 fully saturated rings. The van der Waals surface area contributed by atoms with Crippen LogP contribution >= 0.6 is 11.3 Å². The van der Waals surface area contributed by atoms with E-state index in [4.69, 9.17) is 4.74 Å². The van der Waals surface area contributed by atoms with Gasteiger partial charge in [0.25, 0.3) is 0 Å². The van der Waals surface area contributed by atoms with Gasteiger partial charge in [-0.1, -0.05) is 0 Å². The highest BCUT2D eigenvalue weighted by atomic mass is 32.1. The van der Waals surface area contributed by atoms with Crippen molar-refractivity contribution in [1.82, 2.24) is 19.9 Å². The maximum atomic E-state index is 12.5. The number of nitrogens with one attached hydrogen (secondary N) is 1. The summed E-state index contributed by atoms with van der Waals surface area (Å²) in [7, 11) is 0. The lowest BCUT2D eigenvalue weighted by molar-refractivity contribution is -0.115. The van der Waals surface area contributed by atoms with E-state index in [9.17, 15) is 4.79 Å². The third-order valence-electron chi connectivity index (χ3n) is 5.42. The summed E-state index contributed by atoms with van der Waals surface area (Å²) < 4.78 is 6.19. The number of hydrogen-bond acceptors (Lipinski definition) is 7. The number of ether oxygens (including phenoxy) is 1. The number of aryl methyl sites for hydroxylation is 2. The highest BCUT2D eigenvalue weighted by Crippen LogP contribution is 2.35. The fourth-order valence-electron chi connectivity index (χ4n) is 3.89. The van der Waals surface area contributed by atoms with E-state index in [1.807, 2.05) is 37.4 Å². The molecule has 1 amide bonds. The number of rotatable bonds is 8. The van der Waals surface area contributed by atoms with Crippen LogP contribution in [0.25, 0.3) is 11.1 Å². The molecule has 1 N–H and O–H groups in total. The zero-order chi connectivity index (χ0) is 21.6. The number of thiazole rings is 1. The third-order valence-corrected chi connectivity index (χ3v) is 6.20. The molecule has 0 aliphatic carbocycles. The maximum absolute atomic E-state index is 12.5. The summed E-state index contributed by atoms with van der Waals surface area (Å²) in [5.74, 6) is 0.680. The van der Waals surface area contributed by atoms with Crippen LogP contribution in [0.5, 0.6) is 5.75 Å². The number of likely N-dealkylation sites (tertiary alicyclic amines) is 1. The third kappa shape index (κ3) is 5.45. The molecule has 4 rings (SSSR count). The van der Waals surface area contributed by atoms with Crippen molar-refractivity contribution in [1.29, 1.82) is 0 Å². The van der Waals surface area contributed by atoms with E-state index in [-0.39, 0.29) is 12.3 Å². The van der Waals surface area contributed by atoms with Crippen molar-refractivity contribution in [2.24, 2.45) is 0 Å². The van der Waals surface area contributed by atoms with Crippen LogP contribution in [0.4, 0.5) is 5.69 Å². The van der Waals surface area contributed by atoms with Crippen LogP contribution in [0.3, 0.4) is 0 Å². The molecule has 2 aromatic heterocycles. The predicted octanol–water partition coefficient (Wildman–Crippen LogP) is 3.87. The molecule has 0 unspecified atom stereocenters. The van der Waals surface area contributed by atoms with Crippen LogP contribution < -0.4 is 10.1 Å². The summed E-state index contributed by atoms with van der Waals surface area (Å²) in [6.45, 7) is 7.75. The molecule has 3 aromatic rings. The second-order valence-corrected chi connectivity index (χ2v) is 8.66. The summed E-state index contributed by atoms with van der Waals surface area (Å²) in [6, 6.07) is 5.75. The van der Waals surface area contributed by atoms with Gasteiger partial charge in [-0.2, -0.15) is 0 Å². The van der Waals surface area contributed by atoms with Crippen molar-refractivity contribution in [3.8, 4) is 16.9 Å². The summed E-state index contributed by atoms with van der Waals surface area (Å²) in [5, 5.41) is 5.65. The fraction of sp³-hybridized carbons (Fsp3) is 0.391. The number of hydrogen-bond donors (Lipinski definition) is 1. The topological polar surface area (TPSA) is 80.2 Å². The van der Waals surface area contributed by atoms with Crippen LogP contribution in [0.2, 0.25) is 0 Å². The molecule has 1 aromatic carbocycles. The van der Waals surface area contributed by atoms with Gasteiger partial charge >= 0.3 is 0 Å². The van der Waals surface area contributed by atoms with Crippen LogP contribution in [0, 0.1) is 13.8 Å². The van der Waals surface area contributed by atoms with E-state index in [0.717, 1.165) is 52.9 Å². The lowest BCUT2D eigenvalue weighted by atomic mass is 10.0. The molecule has 0 saturated carbocycles. The van der Waals surface area contributed by atoms with Crippen molar-refractivity contribution in [2.75, 3.05) is 31.6 Å². The number of carbonyl (C=O) groups excluding carboxylic acids is 1. The Hall–Kier alpha value is -2.84. The van der Waals surface area contributed by atoms with Gasteiger partial charge in [0.2, 0.25) is 5.91 Å². The van der Waals surface area contributed by atoms with Gasteiger partial charge in [0, 0.05) is 46.3 Å². The number of nitrogens with zero attached hydrogens (tertiary/aromatic N) is 4. The summed E-state index contributed by atoms with van der Waals surface area (Å²) >= 11 is 1.48. The van der Waals surface area contributed by atoms with Gasteiger partial charge in [0.15, 0.2) is 0 Å².